The Morgan fingerprint density at radius 2 is 1.91 bits per heavy atom. The number of carbonyl (C=O) groups excluding carboxylic acids is 2. The fraction of sp³-hybridized carbons (Fsp3) is 0.560. The number of aromatic amines is 1. The normalized spacial score (nSPS) is 21.2. The molecule has 1 saturated carbocycles. The van der Waals surface area contributed by atoms with Crippen LogP contribution in [0.5, 0.6) is 0 Å². The third kappa shape index (κ3) is 4.56. The van der Waals surface area contributed by atoms with Crippen molar-refractivity contribution in [2.24, 2.45) is 5.92 Å². The van der Waals surface area contributed by atoms with Gasteiger partial charge in [-0.15, -0.1) is 0 Å². The maximum absolute atomic E-state index is 13.1. The number of carbonyl (C=O) groups is 2. The Labute approximate surface area is 193 Å². The SMILES string of the molecule is O=C(CC1CCCC1)N1CCc2nc([C@H]3CCCCN3C(=O)c3cccnc3)[nH]c(=O)c2C1. The van der Waals surface area contributed by atoms with Crippen molar-refractivity contribution in [2.75, 3.05) is 13.1 Å². The Bertz CT molecular complexity index is 1080. The highest BCUT2D eigenvalue weighted by Crippen LogP contribution is 2.31. The Kier molecular flexibility index (Phi) is 6.24. The van der Waals surface area contributed by atoms with Crippen LogP contribution in [0.1, 0.15) is 84.8 Å². The van der Waals surface area contributed by atoms with Crippen LogP contribution in [-0.4, -0.2) is 49.7 Å². The zero-order chi connectivity index (χ0) is 22.8. The largest absolute Gasteiger partial charge is 0.338 e. The fourth-order valence-corrected chi connectivity index (χ4v) is 5.52. The number of aromatic nitrogens is 3. The molecule has 8 heteroatoms. The van der Waals surface area contributed by atoms with E-state index in [1.54, 1.807) is 24.5 Å². The van der Waals surface area contributed by atoms with Crippen LogP contribution in [-0.2, 0) is 17.8 Å². The summed E-state index contributed by atoms with van der Waals surface area (Å²) < 4.78 is 0. The zero-order valence-corrected chi connectivity index (χ0v) is 19.0. The van der Waals surface area contributed by atoms with E-state index in [1.807, 2.05) is 9.80 Å². The summed E-state index contributed by atoms with van der Waals surface area (Å²) in [5, 5.41) is 0. The van der Waals surface area contributed by atoms with Gasteiger partial charge in [-0.05, 0) is 50.2 Å². The van der Waals surface area contributed by atoms with Gasteiger partial charge in [-0.3, -0.25) is 19.4 Å². The summed E-state index contributed by atoms with van der Waals surface area (Å²) in [5.74, 6) is 1.11. The van der Waals surface area contributed by atoms with Gasteiger partial charge in [0.15, 0.2) is 0 Å². The van der Waals surface area contributed by atoms with Gasteiger partial charge >= 0.3 is 0 Å². The van der Waals surface area contributed by atoms with Gasteiger partial charge in [0.1, 0.15) is 5.82 Å². The van der Waals surface area contributed by atoms with Gasteiger partial charge in [0.25, 0.3) is 11.5 Å². The number of nitrogens with zero attached hydrogens (tertiary/aromatic N) is 4. The highest BCUT2D eigenvalue weighted by atomic mass is 16.2. The van der Waals surface area contributed by atoms with E-state index >= 15 is 0 Å². The average Bonchev–Trinajstić information content (AvgIpc) is 3.37. The molecule has 1 atom stereocenters. The first-order chi connectivity index (χ1) is 16.1. The van der Waals surface area contributed by atoms with Crippen molar-refractivity contribution in [3.63, 3.8) is 0 Å². The molecule has 2 aromatic heterocycles. The Balaban J connectivity index is 1.35. The van der Waals surface area contributed by atoms with Crippen LogP contribution in [0.25, 0.3) is 0 Å². The smallest absolute Gasteiger partial charge is 0.256 e. The van der Waals surface area contributed by atoms with Gasteiger partial charge in [-0.2, -0.15) is 0 Å². The summed E-state index contributed by atoms with van der Waals surface area (Å²) in [6.07, 6.45) is 11.8. The van der Waals surface area contributed by atoms with Gasteiger partial charge in [0.2, 0.25) is 5.91 Å². The van der Waals surface area contributed by atoms with Crippen molar-refractivity contribution in [3.05, 3.63) is 57.5 Å². The molecule has 2 aliphatic heterocycles. The standard InChI is InChI=1S/C25H31N5O3/c31-22(14-17-6-1-2-7-17)29-13-10-20-19(16-29)24(32)28-23(27-20)21-9-3-4-12-30(21)25(33)18-8-5-11-26-15-18/h5,8,11,15,17,21H,1-4,6-7,9-10,12-14,16H2,(H,27,28,32)/t21-/m1/s1. The summed E-state index contributed by atoms with van der Waals surface area (Å²) in [6.45, 7) is 1.55. The molecule has 0 unspecified atom stereocenters. The van der Waals surface area contributed by atoms with E-state index in [0.29, 0.717) is 55.3 Å². The van der Waals surface area contributed by atoms with Crippen molar-refractivity contribution in [2.45, 2.75) is 70.4 Å². The van der Waals surface area contributed by atoms with E-state index < -0.39 is 0 Å². The Morgan fingerprint density at radius 3 is 2.70 bits per heavy atom. The van der Waals surface area contributed by atoms with E-state index in [1.165, 1.54) is 12.8 Å². The van der Waals surface area contributed by atoms with Gasteiger partial charge < -0.3 is 14.8 Å². The van der Waals surface area contributed by atoms with E-state index in [-0.39, 0.29) is 23.4 Å². The van der Waals surface area contributed by atoms with Crippen molar-refractivity contribution in [1.29, 1.82) is 0 Å². The highest BCUT2D eigenvalue weighted by molar-refractivity contribution is 5.94. The van der Waals surface area contributed by atoms with E-state index in [0.717, 1.165) is 37.8 Å². The van der Waals surface area contributed by atoms with Gasteiger partial charge in [-0.1, -0.05) is 12.8 Å². The topological polar surface area (TPSA) is 99.3 Å². The van der Waals surface area contributed by atoms with E-state index in [9.17, 15) is 14.4 Å². The molecule has 8 nitrogen and oxygen atoms in total. The number of hydrogen-bond donors (Lipinski definition) is 1. The average molecular weight is 450 g/mol. The fourth-order valence-electron chi connectivity index (χ4n) is 5.52. The first kappa shape index (κ1) is 21.8. The summed E-state index contributed by atoms with van der Waals surface area (Å²) in [7, 11) is 0. The monoisotopic (exact) mass is 449 g/mol. The number of amides is 2. The number of rotatable bonds is 4. The lowest BCUT2D eigenvalue weighted by Gasteiger charge is -2.36. The van der Waals surface area contributed by atoms with Gasteiger partial charge in [0, 0.05) is 38.3 Å². The lowest BCUT2D eigenvalue weighted by atomic mass is 9.99. The molecule has 3 aliphatic rings. The van der Waals surface area contributed by atoms with Crippen molar-refractivity contribution < 1.29 is 9.59 Å². The molecule has 2 aromatic rings. The molecule has 0 aromatic carbocycles. The van der Waals surface area contributed by atoms with Crippen LogP contribution in [0.4, 0.5) is 0 Å². The number of H-pyrrole nitrogens is 1. The number of piperidine rings is 1. The quantitative estimate of drug-likeness (QED) is 0.774. The zero-order valence-electron chi connectivity index (χ0n) is 19.0. The predicted octanol–water partition coefficient (Wildman–Crippen LogP) is 3.00. The summed E-state index contributed by atoms with van der Waals surface area (Å²) in [4.78, 5) is 54.4. The number of nitrogens with one attached hydrogen (secondary N) is 1. The lowest BCUT2D eigenvalue weighted by Crippen LogP contribution is -2.43. The molecule has 0 radical (unpaired) electrons. The second-order valence-electron chi connectivity index (χ2n) is 9.55. The molecule has 1 aliphatic carbocycles. The molecule has 174 valence electrons. The maximum atomic E-state index is 13.1. The summed E-state index contributed by atoms with van der Waals surface area (Å²) in [5.41, 5.74) is 1.71. The van der Waals surface area contributed by atoms with Crippen LogP contribution >= 0.6 is 0 Å². The van der Waals surface area contributed by atoms with E-state index in [2.05, 4.69) is 9.97 Å². The molecule has 4 heterocycles. The second kappa shape index (κ2) is 9.45. The molecule has 2 amide bonds. The third-order valence-electron chi connectivity index (χ3n) is 7.37. The molecule has 5 rings (SSSR count). The molecule has 2 fully saturated rings. The number of fused-ring (bicyclic) bond motifs is 1. The van der Waals surface area contributed by atoms with Crippen LogP contribution < -0.4 is 5.56 Å². The van der Waals surface area contributed by atoms with E-state index in [4.69, 9.17) is 4.98 Å². The van der Waals surface area contributed by atoms with Crippen molar-refractivity contribution >= 4 is 11.8 Å². The molecule has 0 spiro atoms. The first-order valence-electron chi connectivity index (χ1n) is 12.2. The molecule has 1 N–H and O–H groups in total. The molecule has 0 bridgehead atoms. The Hall–Kier alpha value is -3.03. The van der Waals surface area contributed by atoms with Crippen LogP contribution in [0.2, 0.25) is 0 Å². The molecular weight excluding hydrogens is 418 g/mol. The second-order valence-corrected chi connectivity index (χ2v) is 9.55. The number of hydrogen-bond acceptors (Lipinski definition) is 5. The molecule has 33 heavy (non-hydrogen) atoms. The van der Waals surface area contributed by atoms with Crippen LogP contribution in [0, 0.1) is 5.92 Å². The van der Waals surface area contributed by atoms with Crippen molar-refractivity contribution in [1.82, 2.24) is 24.8 Å². The van der Waals surface area contributed by atoms with Crippen LogP contribution in [0.3, 0.4) is 0 Å². The minimum absolute atomic E-state index is 0.0862. The van der Waals surface area contributed by atoms with Crippen molar-refractivity contribution in [3.8, 4) is 0 Å². The Morgan fingerprint density at radius 1 is 1.09 bits per heavy atom. The minimum atomic E-state index is -0.258. The lowest BCUT2D eigenvalue weighted by molar-refractivity contribution is -0.133. The number of likely N-dealkylation sites (tertiary alicyclic amines) is 1. The molecule has 1 saturated heterocycles. The predicted molar refractivity (Wildman–Crippen MR) is 122 cm³/mol. The molecular formula is C25H31N5O3. The van der Waals surface area contributed by atoms with Gasteiger partial charge in [0.05, 0.1) is 29.4 Å². The van der Waals surface area contributed by atoms with Crippen LogP contribution in [0.15, 0.2) is 29.3 Å². The minimum Gasteiger partial charge on any atom is -0.338 e. The summed E-state index contributed by atoms with van der Waals surface area (Å²) >= 11 is 0. The van der Waals surface area contributed by atoms with Gasteiger partial charge in [-0.25, -0.2) is 4.98 Å². The first-order valence-corrected chi connectivity index (χ1v) is 12.2. The maximum Gasteiger partial charge on any atom is 0.256 e. The third-order valence-corrected chi connectivity index (χ3v) is 7.37. The highest BCUT2D eigenvalue weighted by Gasteiger charge is 2.33. The summed E-state index contributed by atoms with van der Waals surface area (Å²) in [6, 6.07) is 3.26. The number of pyridine rings is 1.